The van der Waals surface area contributed by atoms with E-state index in [0.717, 1.165) is 49.0 Å². The summed E-state index contributed by atoms with van der Waals surface area (Å²) in [6, 6.07) is 5.59. The predicted octanol–water partition coefficient (Wildman–Crippen LogP) is 2.71. The van der Waals surface area contributed by atoms with Gasteiger partial charge in [-0.2, -0.15) is 5.10 Å². The largest absolute Gasteiger partial charge is 0.491 e. The standard InChI is InChI=1S/C21H32ClN5O2/c1-16-24-21(26-25-16)8-9-23-13-17-12-18(22)6-7-20(17)29-15-19(28)14-27-10-4-2-3-5-11-27/h6-7,12,19,23,28H,2-5,8-11,13-15H2,1H3,(H,24,25,26). The van der Waals surface area contributed by atoms with Crippen molar-refractivity contribution >= 4 is 11.6 Å². The van der Waals surface area contributed by atoms with Gasteiger partial charge in [-0.3, -0.25) is 5.10 Å². The van der Waals surface area contributed by atoms with E-state index < -0.39 is 6.10 Å². The molecule has 1 atom stereocenters. The van der Waals surface area contributed by atoms with Crippen molar-refractivity contribution in [2.75, 3.05) is 32.8 Å². The van der Waals surface area contributed by atoms with E-state index in [4.69, 9.17) is 16.3 Å². The minimum atomic E-state index is -0.501. The van der Waals surface area contributed by atoms with Crippen molar-refractivity contribution < 1.29 is 9.84 Å². The molecule has 1 aromatic carbocycles. The summed E-state index contributed by atoms with van der Waals surface area (Å²) in [5.41, 5.74) is 0.977. The Hall–Kier alpha value is -1.67. The molecule has 0 spiro atoms. The van der Waals surface area contributed by atoms with Crippen LogP contribution < -0.4 is 10.1 Å². The third-order valence-corrected chi connectivity index (χ3v) is 5.34. The molecule has 1 aliphatic heterocycles. The average molecular weight is 422 g/mol. The average Bonchev–Trinajstić information content (AvgIpc) is 2.95. The molecule has 1 unspecified atom stereocenters. The maximum atomic E-state index is 10.4. The first-order valence-electron chi connectivity index (χ1n) is 10.5. The number of nitrogens with zero attached hydrogens (tertiary/aromatic N) is 3. The lowest BCUT2D eigenvalue weighted by atomic mass is 10.2. The first-order valence-corrected chi connectivity index (χ1v) is 10.9. The third kappa shape index (κ3) is 7.59. The summed E-state index contributed by atoms with van der Waals surface area (Å²) in [6.45, 7) is 6.34. The highest BCUT2D eigenvalue weighted by atomic mass is 35.5. The van der Waals surface area contributed by atoms with Gasteiger partial charge in [-0.25, -0.2) is 4.98 Å². The molecule has 3 rings (SSSR count). The summed E-state index contributed by atoms with van der Waals surface area (Å²) in [5.74, 6) is 2.38. The fraction of sp³-hybridized carbons (Fsp3) is 0.619. The number of nitrogens with one attached hydrogen (secondary N) is 2. The first kappa shape index (κ1) is 22.0. The molecule has 2 aromatic rings. The molecular weight excluding hydrogens is 390 g/mol. The highest BCUT2D eigenvalue weighted by Gasteiger charge is 2.15. The number of β-amino-alcohol motifs (C(OH)–C–C–N with tert-alkyl or cyclic N) is 1. The number of aliphatic hydroxyl groups excluding tert-OH is 1. The number of likely N-dealkylation sites (tertiary alicyclic amines) is 1. The quantitative estimate of drug-likeness (QED) is 0.511. The maximum absolute atomic E-state index is 10.4. The molecule has 7 nitrogen and oxygen atoms in total. The molecule has 0 radical (unpaired) electrons. The lowest BCUT2D eigenvalue weighted by molar-refractivity contribution is 0.0690. The van der Waals surface area contributed by atoms with Crippen LogP contribution in [0.25, 0.3) is 0 Å². The van der Waals surface area contributed by atoms with E-state index in [2.05, 4.69) is 25.4 Å². The molecule has 160 valence electrons. The Labute approximate surface area is 177 Å². The van der Waals surface area contributed by atoms with E-state index >= 15 is 0 Å². The fourth-order valence-electron chi connectivity index (χ4n) is 3.61. The van der Waals surface area contributed by atoms with Crippen molar-refractivity contribution in [3.8, 4) is 5.75 Å². The van der Waals surface area contributed by atoms with Gasteiger partial charge in [0, 0.05) is 36.6 Å². The van der Waals surface area contributed by atoms with E-state index in [1.54, 1.807) is 0 Å². The Bertz CT molecular complexity index is 746. The molecule has 8 heteroatoms. The van der Waals surface area contributed by atoms with Gasteiger partial charge in [0.15, 0.2) is 5.82 Å². The van der Waals surface area contributed by atoms with E-state index in [9.17, 15) is 5.11 Å². The molecule has 0 amide bonds. The molecule has 2 heterocycles. The van der Waals surface area contributed by atoms with Crippen LogP contribution >= 0.6 is 11.6 Å². The number of aromatic nitrogens is 3. The second-order valence-electron chi connectivity index (χ2n) is 7.70. The highest BCUT2D eigenvalue weighted by molar-refractivity contribution is 6.30. The smallest absolute Gasteiger partial charge is 0.151 e. The summed E-state index contributed by atoms with van der Waals surface area (Å²) in [6.07, 6.45) is 5.26. The Morgan fingerprint density at radius 1 is 1.28 bits per heavy atom. The number of rotatable bonds is 10. The van der Waals surface area contributed by atoms with Crippen LogP contribution in [-0.4, -0.2) is 64.1 Å². The molecule has 0 aliphatic carbocycles. The molecule has 0 saturated carbocycles. The minimum absolute atomic E-state index is 0.279. The van der Waals surface area contributed by atoms with Gasteiger partial charge >= 0.3 is 0 Å². The van der Waals surface area contributed by atoms with Crippen molar-refractivity contribution in [1.29, 1.82) is 0 Å². The van der Waals surface area contributed by atoms with Crippen LogP contribution in [0, 0.1) is 6.92 Å². The minimum Gasteiger partial charge on any atom is -0.491 e. The van der Waals surface area contributed by atoms with Gasteiger partial charge in [0.1, 0.15) is 24.3 Å². The molecule has 1 saturated heterocycles. The van der Waals surface area contributed by atoms with Crippen molar-refractivity contribution in [2.45, 2.75) is 51.7 Å². The van der Waals surface area contributed by atoms with Gasteiger partial charge in [-0.1, -0.05) is 24.4 Å². The molecule has 29 heavy (non-hydrogen) atoms. The Balaban J connectivity index is 1.45. The summed E-state index contributed by atoms with van der Waals surface area (Å²) in [4.78, 5) is 6.65. The van der Waals surface area contributed by atoms with Crippen LogP contribution in [0.15, 0.2) is 18.2 Å². The second kappa shape index (κ2) is 11.5. The zero-order chi connectivity index (χ0) is 20.5. The number of halogens is 1. The molecule has 1 aliphatic rings. The third-order valence-electron chi connectivity index (χ3n) is 5.11. The Morgan fingerprint density at radius 2 is 2.07 bits per heavy atom. The summed E-state index contributed by atoms with van der Waals surface area (Å²) in [7, 11) is 0. The van der Waals surface area contributed by atoms with Crippen molar-refractivity contribution in [3.05, 3.63) is 40.4 Å². The van der Waals surface area contributed by atoms with Crippen molar-refractivity contribution in [2.24, 2.45) is 0 Å². The number of hydrogen-bond acceptors (Lipinski definition) is 6. The second-order valence-corrected chi connectivity index (χ2v) is 8.13. The topological polar surface area (TPSA) is 86.3 Å². The first-order chi connectivity index (χ1) is 14.1. The van der Waals surface area contributed by atoms with Gasteiger partial charge in [0.05, 0.1) is 0 Å². The normalized spacial score (nSPS) is 16.5. The van der Waals surface area contributed by atoms with E-state index in [1.165, 1.54) is 25.7 Å². The molecule has 0 bridgehead atoms. The molecule has 3 N–H and O–H groups in total. The number of H-pyrrole nitrogens is 1. The van der Waals surface area contributed by atoms with Crippen LogP contribution in [0.2, 0.25) is 5.02 Å². The van der Waals surface area contributed by atoms with Crippen LogP contribution in [0.4, 0.5) is 0 Å². The maximum Gasteiger partial charge on any atom is 0.151 e. The number of aryl methyl sites for hydroxylation is 1. The van der Waals surface area contributed by atoms with Gasteiger partial charge < -0.3 is 20.1 Å². The highest BCUT2D eigenvalue weighted by Crippen LogP contribution is 2.23. The number of hydrogen-bond donors (Lipinski definition) is 3. The zero-order valence-electron chi connectivity index (χ0n) is 17.2. The number of ether oxygens (including phenoxy) is 1. The SMILES string of the molecule is Cc1nc(CCNCc2cc(Cl)ccc2OCC(O)CN2CCCCCC2)n[nH]1. The molecular formula is C21H32ClN5O2. The van der Waals surface area contributed by atoms with E-state index in [0.29, 0.717) is 18.1 Å². The van der Waals surface area contributed by atoms with Gasteiger partial charge in [0.2, 0.25) is 0 Å². The monoisotopic (exact) mass is 421 g/mol. The Morgan fingerprint density at radius 3 is 2.79 bits per heavy atom. The lowest BCUT2D eigenvalue weighted by Crippen LogP contribution is -2.36. The van der Waals surface area contributed by atoms with Gasteiger partial charge in [-0.05, 0) is 51.1 Å². The number of benzene rings is 1. The van der Waals surface area contributed by atoms with E-state index in [1.807, 2.05) is 25.1 Å². The van der Waals surface area contributed by atoms with Crippen molar-refractivity contribution in [1.82, 2.24) is 25.4 Å². The van der Waals surface area contributed by atoms with E-state index in [-0.39, 0.29) is 6.61 Å². The fourth-order valence-corrected chi connectivity index (χ4v) is 3.80. The number of aromatic amines is 1. The van der Waals surface area contributed by atoms with Crippen LogP contribution in [0.1, 0.15) is 42.9 Å². The van der Waals surface area contributed by atoms with Crippen LogP contribution in [-0.2, 0) is 13.0 Å². The van der Waals surface area contributed by atoms with Gasteiger partial charge in [0.25, 0.3) is 0 Å². The number of aliphatic hydroxyl groups is 1. The van der Waals surface area contributed by atoms with Crippen molar-refractivity contribution in [3.63, 3.8) is 0 Å². The van der Waals surface area contributed by atoms with Crippen LogP contribution in [0.5, 0.6) is 5.75 Å². The summed E-state index contributed by atoms with van der Waals surface area (Å²) in [5, 5.41) is 21.5. The van der Waals surface area contributed by atoms with Crippen LogP contribution in [0.3, 0.4) is 0 Å². The molecule has 1 aromatic heterocycles. The van der Waals surface area contributed by atoms with Gasteiger partial charge in [-0.15, -0.1) is 0 Å². The zero-order valence-corrected chi connectivity index (χ0v) is 17.9. The Kier molecular flexibility index (Phi) is 8.73. The lowest BCUT2D eigenvalue weighted by Gasteiger charge is -2.23. The predicted molar refractivity (Wildman–Crippen MR) is 114 cm³/mol. The summed E-state index contributed by atoms with van der Waals surface area (Å²) >= 11 is 6.17. The molecule has 1 fully saturated rings. The summed E-state index contributed by atoms with van der Waals surface area (Å²) < 4.78 is 5.94.